The molecular weight excluding hydrogens is 310 g/mol. The van der Waals surface area contributed by atoms with Crippen LogP contribution in [0.15, 0.2) is 47.4 Å². The highest BCUT2D eigenvalue weighted by molar-refractivity contribution is 5.77. The molecule has 0 aliphatic rings. The molecule has 2 rings (SSSR count). The lowest BCUT2D eigenvalue weighted by Crippen LogP contribution is -2.31. The van der Waals surface area contributed by atoms with Crippen molar-refractivity contribution in [1.82, 2.24) is 15.1 Å². The van der Waals surface area contributed by atoms with Crippen LogP contribution in [0.2, 0.25) is 0 Å². The van der Waals surface area contributed by atoms with Crippen LogP contribution in [0, 0.1) is 0 Å². The van der Waals surface area contributed by atoms with E-state index in [1.54, 1.807) is 24.4 Å². The van der Waals surface area contributed by atoms with Crippen molar-refractivity contribution in [3.63, 3.8) is 0 Å². The van der Waals surface area contributed by atoms with E-state index in [1.807, 2.05) is 19.1 Å². The molecule has 0 saturated carbocycles. The van der Waals surface area contributed by atoms with Gasteiger partial charge in [-0.25, -0.2) is 4.68 Å². The van der Waals surface area contributed by atoms with Gasteiger partial charge in [0.25, 0.3) is 11.5 Å². The Bertz CT molecular complexity index is 715. The Balaban J connectivity index is 1.67. The largest absolute Gasteiger partial charge is 0.494 e. The van der Waals surface area contributed by atoms with Crippen molar-refractivity contribution >= 4 is 5.91 Å². The summed E-state index contributed by atoms with van der Waals surface area (Å²) in [7, 11) is 0. The molecule has 0 spiro atoms. The second-order valence-corrected chi connectivity index (χ2v) is 4.99. The number of aryl methyl sites for hydroxylation is 1. The number of carbonyl (C=O) groups excluding carboxylic acids is 1. The lowest BCUT2D eigenvalue weighted by Gasteiger charge is -2.09. The zero-order valence-electron chi connectivity index (χ0n) is 13.6. The molecule has 7 heteroatoms. The summed E-state index contributed by atoms with van der Waals surface area (Å²) in [6.45, 7) is 3.31. The SMILES string of the molecule is CCOc1cccc(OCC(=O)NCCCn2ncccc2=O)c1. The number of hydrogen-bond donors (Lipinski definition) is 1. The maximum absolute atomic E-state index is 11.8. The van der Waals surface area contributed by atoms with Crippen LogP contribution < -0.4 is 20.3 Å². The van der Waals surface area contributed by atoms with Crippen molar-refractivity contribution in [3.05, 3.63) is 52.9 Å². The molecule has 0 atom stereocenters. The average Bonchev–Trinajstić information content (AvgIpc) is 2.59. The van der Waals surface area contributed by atoms with E-state index < -0.39 is 0 Å². The summed E-state index contributed by atoms with van der Waals surface area (Å²) < 4.78 is 12.2. The summed E-state index contributed by atoms with van der Waals surface area (Å²) in [5, 5.41) is 6.69. The molecule has 1 amide bonds. The van der Waals surface area contributed by atoms with Gasteiger partial charge in [0.05, 0.1) is 6.61 Å². The van der Waals surface area contributed by atoms with E-state index in [9.17, 15) is 9.59 Å². The van der Waals surface area contributed by atoms with E-state index in [0.717, 1.165) is 0 Å². The van der Waals surface area contributed by atoms with E-state index >= 15 is 0 Å². The second-order valence-electron chi connectivity index (χ2n) is 4.99. The molecule has 1 aromatic heterocycles. The highest BCUT2D eigenvalue weighted by Gasteiger charge is 2.04. The van der Waals surface area contributed by atoms with Crippen LogP contribution in [0.3, 0.4) is 0 Å². The zero-order valence-corrected chi connectivity index (χ0v) is 13.6. The summed E-state index contributed by atoms with van der Waals surface area (Å²) in [6, 6.07) is 10.2. The molecule has 1 N–H and O–H groups in total. The van der Waals surface area contributed by atoms with Crippen molar-refractivity contribution in [2.45, 2.75) is 19.9 Å². The zero-order chi connectivity index (χ0) is 17.2. The van der Waals surface area contributed by atoms with Crippen LogP contribution >= 0.6 is 0 Å². The van der Waals surface area contributed by atoms with Crippen LogP contribution in [0.1, 0.15) is 13.3 Å². The van der Waals surface area contributed by atoms with Gasteiger partial charge in [-0.2, -0.15) is 5.10 Å². The van der Waals surface area contributed by atoms with Gasteiger partial charge in [-0.15, -0.1) is 0 Å². The Kier molecular flexibility index (Phi) is 6.82. The van der Waals surface area contributed by atoms with E-state index in [4.69, 9.17) is 9.47 Å². The van der Waals surface area contributed by atoms with Crippen molar-refractivity contribution in [2.24, 2.45) is 0 Å². The Labute approximate surface area is 140 Å². The Morgan fingerprint density at radius 1 is 1.21 bits per heavy atom. The van der Waals surface area contributed by atoms with Crippen LogP contribution in [0.4, 0.5) is 0 Å². The number of aromatic nitrogens is 2. The number of hydrogen-bond acceptors (Lipinski definition) is 5. The van der Waals surface area contributed by atoms with Crippen molar-refractivity contribution in [1.29, 1.82) is 0 Å². The van der Waals surface area contributed by atoms with Gasteiger partial charge in [0.1, 0.15) is 11.5 Å². The van der Waals surface area contributed by atoms with Gasteiger partial charge in [-0.3, -0.25) is 9.59 Å². The first-order chi connectivity index (χ1) is 11.7. The fraction of sp³-hybridized carbons (Fsp3) is 0.353. The molecule has 24 heavy (non-hydrogen) atoms. The number of ether oxygens (including phenoxy) is 2. The summed E-state index contributed by atoms with van der Waals surface area (Å²) in [6.07, 6.45) is 2.17. The lowest BCUT2D eigenvalue weighted by molar-refractivity contribution is -0.123. The molecule has 0 bridgehead atoms. The molecule has 7 nitrogen and oxygen atoms in total. The first kappa shape index (κ1) is 17.5. The topological polar surface area (TPSA) is 82.4 Å². The average molecular weight is 331 g/mol. The summed E-state index contributed by atoms with van der Waals surface area (Å²) in [5.41, 5.74) is -0.152. The first-order valence-corrected chi connectivity index (χ1v) is 7.83. The van der Waals surface area contributed by atoms with E-state index in [-0.39, 0.29) is 18.1 Å². The predicted molar refractivity (Wildman–Crippen MR) is 89.2 cm³/mol. The summed E-state index contributed by atoms with van der Waals surface area (Å²) in [5.74, 6) is 1.07. The van der Waals surface area contributed by atoms with Gasteiger partial charge in [0.15, 0.2) is 6.61 Å². The number of nitrogens with zero attached hydrogens (tertiary/aromatic N) is 2. The molecule has 0 fully saturated rings. The minimum atomic E-state index is -0.217. The normalized spacial score (nSPS) is 10.2. The molecule has 0 radical (unpaired) electrons. The number of benzene rings is 1. The van der Waals surface area contributed by atoms with Crippen LogP contribution in [-0.4, -0.2) is 35.4 Å². The van der Waals surface area contributed by atoms with E-state index in [2.05, 4.69) is 10.4 Å². The third-order valence-corrected chi connectivity index (χ3v) is 3.14. The standard InChI is InChI=1S/C17H21N3O4/c1-2-23-14-6-3-7-15(12-14)24-13-16(21)18-9-5-11-20-17(22)8-4-10-19-20/h3-4,6-8,10,12H,2,5,9,11,13H2,1H3,(H,18,21). The molecule has 0 saturated heterocycles. The summed E-state index contributed by atoms with van der Waals surface area (Å²) in [4.78, 5) is 23.2. The van der Waals surface area contributed by atoms with Gasteiger partial charge in [0, 0.05) is 31.4 Å². The quantitative estimate of drug-likeness (QED) is 0.699. The smallest absolute Gasteiger partial charge is 0.266 e. The second kappa shape index (κ2) is 9.34. The fourth-order valence-corrected chi connectivity index (χ4v) is 2.03. The van der Waals surface area contributed by atoms with Gasteiger partial charge in [-0.05, 0) is 31.5 Å². The third-order valence-electron chi connectivity index (χ3n) is 3.14. The van der Waals surface area contributed by atoms with Crippen molar-refractivity contribution < 1.29 is 14.3 Å². The number of rotatable bonds is 9. The van der Waals surface area contributed by atoms with Crippen LogP contribution in [-0.2, 0) is 11.3 Å². The monoisotopic (exact) mass is 331 g/mol. The number of carbonyl (C=O) groups is 1. The van der Waals surface area contributed by atoms with Gasteiger partial charge >= 0.3 is 0 Å². The minimum absolute atomic E-state index is 0.0703. The van der Waals surface area contributed by atoms with Crippen molar-refractivity contribution in [3.8, 4) is 11.5 Å². The van der Waals surface area contributed by atoms with E-state index in [0.29, 0.717) is 37.6 Å². The maximum Gasteiger partial charge on any atom is 0.266 e. The number of nitrogens with one attached hydrogen (secondary N) is 1. The maximum atomic E-state index is 11.8. The van der Waals surface area contributed by atoms with E-state index in [1.165, 1.54) is 10.7 Å². The highest BCUT2D eigenvalue weighted by Crippen LogP contribution is 2.19. The molecule has 0 aliphatic carbocycles. The predicted octanol–water partition coefficient (Wildman–Crippen LogP) is 1.23. The fourth-order valence-electron chi connectivity index (χ4n) is 2.03. The highest BCUT2D eigenvalue weighted by atomic mass is 16.5. The van der Waals surface area contributed by atoms with Crippen LogP contribution in [0.25, 0.3) is 0 Å². The number of amides is 1. The summed E-state index contributed by atoms with van der Waals surface area (Å²) >= 11 is 0. The van der Waals surface area contributed by atoms with Crippen molar-refractivity contribution in [2.75, 3.05) is 19.8 Å². The third kappa shape index (κ3) is 5.75. The molecule has 1 aromatic carbocycles. The minimum Gasteiger partial charge on any atom is -0.494 e. The first-order valence-electron chi connectivity index (χ1n) is 7.83. The molecule has 128 valence electrons. The molecule has 1 heterocycles. The lowest BCUT2D eigenvalue weighted by atomic mass is 10.3. The Hall–Kier alpha value is -2.83. The van der Waals surface area contributed by atoms with Crippen LogP contribution in [0.5, 0.6) is 11.5 Å². The molecule has 0 aliphatic heterocycles. The van der Waals surface area contributed by atoms with Gasteiger partial charge < -0.3 is 14.8 Å². The van der Waals surface area contributed by atoms with Gasteiger partial charge in [0.2, 0.25) is 0 Å². The molecule has 0 unspecified atom stereocenters. The molecular formula is C17H21N3O4. The van der Waals surface area contributed by atoms with Gasteiger partial charge in [-0.1, -0.05) is 6.07 Å². The Morgan fingerprint density at radius 2 is 2.00 bits per heavy atom. The Morgan fingerprint density at radius 3 is 2.75 bits per heavy atom. The molecule has 2 aromatic rings.